The van der Waals surface area contributed by atoms with Crippen molar-refractivity contribution in [3.63, 3.8) is 0 Å². The van der Waals surface area contributed by atoms with Crippen LogP contribution in [0.5, 0.6) is 5.75 Å². The fraction of sp³-hybridized carbons (Fsp3) is 0.167. The van der Waals surface area contributed by atoms with E-state index in [4.69, 9.17) is 10.5 Å². The number of methoxy groups -OCH3 is 1. The van der Waals surface area contributed by atoms with E-state index in [0.717, 1.165) is 5.56 Å². The molecule has 2 aromatic rings. The summed E-state index contributed by atoms with van der Waals surface area (Å²) in [5.41, 5.74) is 7.40. The molecular formula is C12H14N4O2. The predicted octanol–water partition coefficient (Wildman–Crippen LogP) is 1.56. The van der Waals surface area contributed by atoms with E-state index in [1.807, 2.05) is 6.92 Å². The molecule has 6 heteroatoms. The Kier molecular flexibility index (Phi) is 3.18. The van der Waals surface area contributed by atoms with Gasteiger partial charge in [0.25, 0.3) is 5.91 Å². The van der Waals surface area contributed by atoms with Crippen LogP contribution < -0.4 is 15.8 Å². The first-order chi connectivity index (χ1) is 8.63. The van der Waals surface area contributed by atoms with E-state index in [9.17, 15) is 4.79 Å². The number of carbonyl (C=O) groups is 1. The highest BCUT2D eigenvalue weighted by molar-refractivity contribution is 6.07. The zero-order valence-corrected chi connectivity index (χ0v) is 10.2. The molecule has 0 spiro atoms. The number of H-pyrrole nitrogens is 1. The largest absolute Gasteiger partial charge is 0.494 e. The van der Waals surface area contributed by atoms with E-state index in [1.54, 1.807) is 24.4 Å². The average Bonchev–Trinajstić information content (AvgIpc) is 2.74. The number of hydrogen-bond acceptors (Lipinski definition) is 4. The topological polar surface area (TPSA) is 93.0 Å². The number of aryl methyl sites for hydroxylation is 1. The van der Waals surface area contributed by atoms with E-state index in [1.165, 1.54) is 7.11 Å². The van der Waals surface area contributed by atoms with Gasteiger partial charge in [-0.2, -0.15) is 5.10 Å². The number of anilines is 2. The molecule has 18 heavy (non-hydrogen) atoms. The van der Waals surface area contributed by atoms with Crippen LogP contribution in [0.2, 0.25) is 0 Å². The van der Waals surface area contributed by atoms with Crippen LogP contribution in [-0.2, 0) is 0 Å². The molecule has 0 unspecified atom stereocenters. The molecule has 0 saturated carbocycles. The maximum Gasteiger partial charge on any atom is 0.260 e. The second kappa shape index (κ2) is 4.79. The first kappa shape index (κ1) is 12.0. The Bertz CT molecular complexity index is 577. The molecule has 0 bridgehead atoms. The van der Waals surface area contributed by atoms with Gasteiger partial charge in [-0.25, -0.2) is 0 Å². The lowest BCUT2D eigenvalue weighted by Crippen LogP contribution is -2.14. The number of nitrogens with two attached hydrogens (primary N) is 1. The van der Waals surface area contributed by atoms with Gasteiger partial charge in [-0.3, -0.25) is 9.89 Å². The van der Waals surface area contributed by atoms with Crippen molar-refractivity contribution in [2.45, 2.75) is 6.92 Å². The van der Waals surface area contributed by atoms with Crippen molar-refractivity contribution >= 4 is 17.4 Å². The first-order valence-corrected chi connectivity index (χ1v) is 5.37. The molecule has 94 valence electrons. The molecule has 1 aromatic carbocycles. The maximum absolute atomic E-state index is 12.1. The summed E-state index contributed by atoms with van der Waals surface area (Å²) in [6.07, 6.45) is 1.63. The van der Waals surface area contributed by atoms with Crippen LogP contribution in [0.1, 0.15) is 15.9 Å². The van der Waals surface area contributed by atoms with E-state index in [2.05, 4.69) is 15.5 Å². The van der Waals surface area contributed by atoms with Crippen molar-refractivity contribution in [3.8, 4) is 5.75 Å². The fourth-order valence-electron chi connectivity index (χ4n) is 1.62. The Morgan fingerprint density at radius 1 is 1.50 bits per heavy atom. The Morgan fingerprint density at radius 3 is 2.89 bits per heavy atom. The van der Waals surface area contributed by atoms with Gasteiger partial charge in [-0.1, -0.05) is 6.07 Å². The number of rotatable bonds is 3. The quantitative estimate of drug-likeness (QED) is 0.716. The fourth-order valence-corrected chi connectivity index (χ4v) is 1.62. The predicted molar refractivity (Wildman–Crippen MR) is 68.7 cm³/mol. The molecule has 0 radical (unpaired) electrons. The van der Waals surface area contributed by atoms with Crippen LogP contribution in [0.3, 0.4) is 0 Å². The number of amides is 1. The number of nitrogens with one attached hydrogen (secondary N) is 2. The third-order valence-electron chi connectivity index (χ3n) is 2.56. The summed E-state index contributed by atoms with van der Waals surface area (Å²) >= 11 is 0. The summed E-state index contributed by atoms with van der Waals surface area (Å²) in [5.74, 6) is 0.628. The van der Waals surface area contributed by atoms with E-state index >= 15 is 0 Å². The number of para-hydroxylation sites is 1. The smallest absolute Gasteiger partial charge is 0.260 e. The Morgan fingerprint density at radius 2 is 2.28 bits per heavy atom. The van der Waals surface area contributed by atoms with Gasteiger partial charge >= 0.3 is 0 Å². The summed E-state index contributed by atoms with van der Waals surface area (Å²) in [6.45, 7) is 1.84. The summed E-state index contributed by atoms with van der Waals surface area (Å²) in [5, 5.41) is 9.25. The van der Waals surface area contributed by atoms with Crippen LogP contribution in [0.15, 0.2) is 24.4 Å². The number of carbonyl (C=O) groups excluding carboxylic acids is 1. The number of benzene rings is 1. The Hall–Kier alpha value is -2.50. The van der Waals surface area contributed by atoms with Crippen molar-refractivity contribution in [3.05, 3.63) is 35.5 Å². The molecule has 1 amide bonds. The highest BCUT2D eigenvalue weighted by atomic mass is 16.5. The molecule has 0 aliphatic rings. The SMILES string of the molecule is COc1c(N)cccc1C(=O)Nc1[nH]ncc1C. The summed E-state index contributed by atoms with van der Waals surface area (Å²) in [4.78, 5) is 12.1. The van der Waals surface area contributed by atoms with Gasteiger partial charge in [-0.15, -0.1) is 0 Å². The molecule has 4 N–H and O–H groups in total. The lowest BCUT2D eigenvalue weighted by molar-refractivity contribution is 0.102. The number of nitrogens with zero attached hydrogens (tertiary/aromatic N) is 1. The number of aromatic amines is 1. The van der Waals surface area contributed by atoms with Crippen molar-refractivity contribution in [1.82, 2.24) is 10.2 Å². The van der Waals surface area contributed by atoms with Crippen LogP contribution >= 0.6 is 0 Å². The van der Waals surface area contributed by atoms with E-state index in [-0.39, 0.29) is 5.91 Å². The average molecular weight is 246 g/mol. The molecule has 1 heterocycles. The number of aromatic nitrogens is 2. The van der Waals surface area contributed by atoms with Gasteiger partial charge in [0.15, 0.2) is 5.75 Å². The Balaban J connectivity index is 2.30. The molecule has 0 aliphatic carbocycles. The third-order valence-corrected chi connectivity index (χ3v) is 2.56. The monoisotopic (exact) mass is 246 g/mol. The normalized spacial score (nSPS) is 10.1. The number of hydrogen-bond donors (Lipinski definition) is 3. The molecule has 0 atom stereocenters. The highest BCUT2D eigenvalue weighted by Gasteiger charge is 2.15. The second-order valence-electron chi connectivity index (χ2n) is 3.81. The van der Waals surface area contributed by atoms with Crippen molar-refractivity contribution in [2.24, 2.45) is 0 Å². The number of nitrogen functional groups attached to an aromatic ring is 1. The summed E-state index contributed by atoms with van der Waals surface area (Å²) < 4.78 is 5.14. The lowest BCUT2D eigenvalue weighted by atomic mass is 10.1. The van der Waals surface area contributed by atoms with Gasteiger partial charge < -0.3 is 15.8 Å². The molecule has 1 aromatic heterocycles. The molecule has 0 saturated heterocycles. The lowest BCUT2D eigenvalue weighted by Gasteiger charge is -2.10. The third kappa shape index (κ3) is 2.13. The van der Waals surface area contributed by atoms with Crippen molar-refractivity contribution in [2.75, 3.05) is 18.2 Å². The molecular weight excluding hydrogens is 232 g/mol. The molecule has 0 fully saturated rings. The zero-order valence-electron chi connectivity index (χ0n) is 10.2. The van der Waals surface area contributed by atoms with Crippen LogP contribution in [0.4, 0.5) is 11.5 Å². The van der Waals surface area contributed by atoms with Crippen molar-refractivity contribution < 1.29 is 9.53 Å². The maximum atomic E-state index is 12.1. The van der Waals surface area contributed by atoms with Gasteiger partial charge in [-0.05, 0) is 19.1 Å². The number of ether oxygens (including phenoxy) is 1. The standard InChI is InChI=1S/C12H14N4O2/c1-7-6-14-16-11(7)15-12(17)8-4-3-5-9(13)10(8)18-2/h3-6H,13H2,1-2H3,(H2,14,15,16,17). The molecule has 0 aliphatic heterocycles. The first-order valence-electron chi connectivity index (χ1n) is 5.37. The van der Waals surface area contributed by atoms with Gasteiger partial charge in [0.2, 0.25) is 0 Å². The minimum absolute atomic E-state index is 0.300. The van der Waals surface area contributed by atoms with Crippen LogP contribution in [0.25, 0.3) is 0 Å². The van der Waals surface area contributed by atoms with Gasteiger partial charge in [0, 0.05) is 5.56 Å². The van der Waals surface area contributed by atoms with Crippen LogP contribution in [-0.4, -0.2) is 23.2 Å². The van der Waals surface area contributed by atoms with Crippen LogP contribution in [0, 0.1) is 6.92 Å². The highest BCUT2D eigenvalue weighted by Crippen LogP contribution is 2.26. The minimum atomic E-state index is -0.300. The second-order valence-corrected chi connectivity index (χ2v) is 3.81. The zero-order chi connectivity index (χ0) is 13.1. The Labute approximate surface area is 104 Å². The molecule has 2 rings (SSSR count). The summed E-state index contributed by atoms with van der Waals surface area (Å²) in [6, 6.07) is 5.03. The van der Waals surface area contributed by atoms with E-state index < -0.39 is 0 Å². The van der Waals surface area contributed by atoms with Crippen molar-refractivity contribution in [1.29, 1.82) is 0 Å². The minimum Gasteiger partial charge on any atom is -0.494 e. The molecule has 6 nitrogen and oxygen atoms in total. The summed E-state index contributed by atoms with van der Waals surface area (Å²) in [7, 11) is 1.48. The van der Waals surface area contributed by atoms with Gasteiger partial charge in [0.05, 0.1) is 24.6 Å². The van der Waals surface area contributed by atoms with E-state index in [0.29, 0.717) is 22.8 Å². The van der Waals surface area contributed by atoms with Gasteiger partial charge in [0.1, 0.15) is 5.82 Å².